The maximum atomic E-state index is 12.6. The van der Waals surface area contributed by atoms with Gasteiger partial charge in [-0.05, 0) is 44.4 Å². The lowest BCUT2D eigenvalue weighted by atomic mass is 9.97. The Morgan fingerprint density at radius 3 is 2.44 bits per heavy atom. The average Bonchev–Trinajstić information content (AvgIpc) is 3.35. The van der Waals surface area contributed by atoms with Gasteiger partial charge in [0.25, 0.3) is 13.4 Å². The van der Waals surface area contributed by atoms with Crippen molar-refractivity contribution in [3.8, 4) is 0 Å². The van der Waals surface area contributed by atoms with Gasteiger partial charge < -0.3 is 90.0 Å². The molecular weight excluding hydrogens is 743 g/mol. The van der Waals surface area contributed by atoms with Crippen LogP contribution in [0.25, 0.3) is 0 Å². The minimum absolute atomic E-state index is 0.00635. The van der Waals surface area contributed by atoms with Crippen molar-refractivity contribution in [2.45, 2.75) is 100 Å². The number of carbonyl (C=O) groups is 2. The highest BCUT2D eigenvalue weighted by atomic mass is 31.2. The quantitative estimate of drug-likeness (QED) is 0.0600. The van der Waals surface area contributed by atoms with E-state index in [1.54, 1.807) is 31.3 Å². The van der Waals surface area contributed by atoms with Crippen LogP contribution >= 0.6 is 7.82 Å². The number of rotatable bonds is 19. The molecule has 22 nitrogen and oxygen atoms in total. The Balaban J connectivity index is 1.23. The van der Waals surface area contributed by atoms with Crippen molar-refractivity contribution in [1.82, 2.24) is 9.97 Å². The zero-order valence-corrected chi connectivity index (χ0v) is 30.2. The van der Waals surface area contributed by atoms with Crippen LogP contribution in [0, 0.1) is 0 Å². The highest BCUT2D eigenvalue weighted by molar-refractivity contribution is 7.45. The molecule has 2 aliphatic heterocycles. The van der Waals surface area contributed by atoms with E-state index in [1.807, 2.05) is 18.7 Å². The number of aromatic amines is 1. The molecule has 1 fully saturated rings. The number of anilines is 4. The molecule has 2 aliphatic rings. The summed E-state index contributed by atoms with van der Waals surface area (Å²) in [6.45, 7) is 2.21. The van der Waals surface area contributed by atoms with Crippen LogP contribution in [-0.2, 0) is 39.1 Å². The van der Waals surface area contributed by atoms with Gasteiger partial charge in [-0.3, -0.25) is 14.3 Å². The molecule has 0 saturated carbocycles. The third-order valence-corrected chi connectivity index (χ3v) is 9.94. The molecule has 0 bridgehead atoms. The van der Waals surface area contributed by atoms with Crippen molar-refractivity contribution >= 4 is 42.9 Å². The number of nitrogen functional groups attached to an aromatic ring is 1. The topological polar surface area (TPSA) is 358 Å². The molecule has 302 valence electrons. The smallest absolute Gasteiger partial charge is 0.278 e. The number of aliphatic carboxylic acids is 2. The molecule has 54 heavy (non-hydrogen) atoms. The van der Waals surface area contributed by atoms with Crippen LogP contribution in [-0.4, -0.2) is 135 Å². The molecule has 23 heteroatoms. The number of carbonyl (C=O) groups excluding carboxylic acids is 2. The molecule has 0 aliphatic carbocycles. The first kappa shape index (κ1) is 42.8. The average molecular weight is 788 g/mol. The van der Waals surface area contributed by atoms with Gasteiger partial charge in [-0.15, -0.1) is 0 Å². The highest BCUT2D eigenvalue weighted by Gasteiger charge is 2.45. The summed E-state index contributed by atoms with van der Waals surface area (Å²) in [4.78, 5) is 54.9. The molecule has 1 unspecified atom stereocenters. The van der Waals surface area contributed by atoms with E-state index in [4.69, 9.17) is 15.2 Å². The van der Waals surface area contributed by atoms with Crippen LogP contribution < -0.4 is 41.9 Å². The number of nitrogens with zero attached hydrogens (tertiary/aromatic N) is 2. The van der Waals surface area contributed by atoms with Crippen LogP contribution in [0.3, 0.4) is 0 Å². The minimum atomic E-state index is -5.42. The lowest BCUT2D eigenvalue weighted by Crippen LogP contribution is -2.57. The number of carboxylic acid groups (broad SMARTS) is 2. The normalized spacial score (nSPS) is 26.4. The van der Waals surface area contributed by atoms with Gasteiger partial charge in [0.2, 0.25) is 5.95 Å². The summed E-state index contributed by atoms with van der Waals surface area (Å²) >= 11 is 0. The van der Waals surface area contributed by atoms with E-state index >= 15 is 0 Å². The Bertz CT molecular complexity index is 1700. The fourth-order valence-electron chi connectivity index (χ4n) is 6.27. The van der Waals surface area contributed by atoms with E-state index in [0.29, 0.717) is 17.1 Å². The number of hydrogen-bond acceptors (Lipinski definition) is 21. The number of phosphoric acid groups is 1. The molecule has 1 aromatic carbocycles. The lowest BCUT2D eigenvalue weighted by Gasteiger charge is -2.43. The summed E-state index contributed by atoms with van der Waals surface area (Å²) in [5.74, 6) is -3.30. The van der Waals surface area contributed by atoms with Gasteiger partial charge in [0, 0.05) is 37.2 Å². The van der Waals surface area contributed by atoms with E-state index in [0.717, 1.165) is 5.69 Å². The number of phosphoric ester groups is 1. The first-order valence-corrected chi connectivity index (χ1v) is 18.2. The van der Waals surface area contributed by atoms with Crippen LogP contribution in [0.4, 0.5) is 23.1 Å². The molecular formula is C31H44N6O16P-3. The van der Waals surface area contributed by atoms with Gasteiger partial charge in [0.05, 0.1) is 31.3 Å². The SMILES string of the molecule is C[C@@H]1Nc2nc(N)[nH]c(=O)c2N(C)[C@H]1[C@@H](C)Nc1ccc(C[C@H](O)[C@H](O)[C@H](O)CO[C@H]2O[C@H](COP(=O)([O-])O[C@@H](CCC(=O)[O-])C(=O)[O-])[C@@H](O)[C@H]2O)cc1. The second-order valence-electron chi connectivity index (χ2n) is 13.1. The van der Waals surface area contributed by atoms with E-state index in [2.05, 4.69) is 29.6 Å². The lowest BCUT2D eigenvalue weighted by molar-refractivity contribution is -0.319. The van der Waals surface area contributed by atoms with Crippen LogP contribution in [0.1, 0.15) is 32.3 Å². The molecule has 3 heterocycles. The second-order valence-corrected chi connectivity index (χ2v) is 14.4. The standard InChI is InChI=1S/C31H47N6O16P/c1-13(22-14(2)34-27-23(37(22)3)28(45)36-31(32)35-27)33-16-6-4-15(5-7-16)10-17(38)24(42)18(39)11-50-30-26(44)25(43)20(52-30)12-51-54(48,49)53-19(29(46)47)8-9-21(40)41/h4-7,13-14,17-20,22,24-26,30,33,38-39,42-44H,8-12H2,1-3H3,(H,40,41)(H,46,47)(H,48,49)(H4,32,34,35,36,45)/p-3/t13-,14+,17+,18-,19+,20-,22+,24+,25-,26-,30+/m1/s1. The predicted molar refractivity (Wildman–Crippen MR) is 180 cm³/mol. The van der Waals surface area contributed by atoms with E-state index in [1.165, 1.54) is 0 Å². The molecule has 4 rings (SSSR count). The van der Waals surface area contributed by atoms with Gasteiger partial charge in [0.1, 0.15) is 42.3 Å². The third-order valence-electron chi connectivity index (χ3n) is 8.96. The number of ether oxygens (including phenoxy) is 2. The number of fused-ring (bicyclic) bond motifs is 1. The largest absolute Gasteiger partial charge is 0.756 e. The molecule has 1 saturated heterocycles. The summed E-state index contributed by atoms with van der Waals surface area (Å²) < 4.78 is 31.4. The summed E-state index contributed by atoms with van der Waals surface area (Å²) in [6, 6.07) is 6.47. The Labute approximate surface area is 308 Å². The van der Waals surface area contributed by atoms with Gasteiger partial charge in [-0.1, -0.05) is 12.1 Å². The molecule has 0 amide bonds. The van der Waals surface area contributed by atoms with Crippen LogP contribution in [0.15, 0.2) is 29.1 Å². The van der Waals surface area contributed by atoms with E-state index < -0.39 is 94.8 Å². The first-order chi connectivity index (χ1) is 25.3. The molecule has 0 radical (unpaired) electrons. The summed E-state index contributed by atoms with van der Waals surface area (Å²) in [6.07, 6.45) is -15.7. The second kappa shape index (κ2) is 18.1. The van der Waals surface area contributed by atoms with Crippen molar-refractivity contribution in [2.24, 2.45) is 0 Å². The monoisotopic (exact) mass is 787 g/mol. The molecule has 2 aromatic rings. The van der Waals surface area contributed by atoms with E-state index in [-0.39, 0.29) is 36.1 Å². The number of carboxylic acids is 2. The summed E-state index contributed by atoms with van der Waals surface area (Å²) in [7, 11) is -3.63. The van der Waals surface area contributed by atoms with Gasteiger partial charge in [-0.25, -0.2) is 0 Å². The molecule has 10 N–H and O–H groups in total. The van der Waals surface area contributed by atoms with Gasteiger partial charge in [-0.2, -0.15) is 4.98 Å². The maximum absolute atomic E-state index is 12.6. The minimum Gasteiger partial charge on any atom is -0.756 e. The number of aliphatic hydroxyl groups is 5. The van der Waals surface area contributed by atoms with E-state index in [9.17, 15) is 59.6 Å². The number of nitrogens with two attached hydrogens (primary N) is 1. The number of aliphatic hydroxyl groups excluding tert-OH is 5. The summed E-state index contributed by atoms with van der Waals surface area (Å²) in [5, 5.41) is 80.5. The van der Waals surface area contributed by atoms with Crippen molar-refractivity contribution in [2.75, 3.05) is 41.5 Å². The Kier molecular flexibility index (Phi) is 14.4. The number of benzene rings is 1. The first-order valence-electron chi connectivity index (χ1n) is 16.7. The van der Waals surface area contributed by atoms with Gasteiger partial charge in [0.15, 0.2) is 12.1 Å². The number of likely N-dealkylation sites (N-methyl/N-ethyl adjacent to an activating group) is 1. The fraction of sp³-hybridized carbons (Fsp3) is 0.613. The predicted octanol–water partition coefficient (Wildman–Crippen LogP) is -5.29. The van der Waals surface area contributed by atoms with Crippen molar-refractivity contribution < 1.29 is 73.3 Å². The molecule has 12 atom stereocenters. The number of nitrogens with one attached hydrogen (secondary N) is 3. The highest BCUT2D eigenvalue weighted by Crippen LogP contribution is 2.41. The van der Waals surface area contributed by atoms with Gasteiger partial charge >= 0.3 is 0 Å². The molecule has 1 aromatic heterocycles. The van der Waals surface area contributed by atoms with Crippen molar-refractivity contribution in [1.29, 1.82) is 0 Å². The maximum Gasteiger partial charge on any atom is 0.278 e. The Morgan fingerprint density at radius 1 is 1.15 bits per heavy atom. The Hall–Kier alpha value is -3.93. The Morgan fingerprint density at radius 2 is 1.81 bits per heavy atom. The van der Waals surface area contributed by atoms with Crippen LogP contribution in [0.2, 0.25) is 0 Å². The fourth-order valence-corrected chi connectivity index (χ4v) is 7.16. The number of hydrogen-bond donors (Lipinski definition) is 9. The summed E-state index contributed by atoms with van der Waals surface area (Å²) in [5.41, 5.74) is 7.01. The number of aromatic nitrogens is 2. The zero-order valence-electron chi connectivity index (χ0n) is 29.3. The van der Waals surface area contributed by atoms with Crippen molar-refractivity contribution in [3.63, 3.8) is 0 Å². The molecule has 0 spiro atoms. The van der Waals surface area contributed by atoms with Crippen molar-refractivity contribution in [3.05, 3.63) is 40.2 Å². The zero-order chi connectivity index (χ0) is 40.1. The number of H-pyrrole nitrogens is 1. The van der Waals surface area contributed by atoms with Crippen LogP contribution in [0.5, 0.6) is 0 Å². The third kappa shape index (κ3) is 10.9.